The highest BCUT2D eigenvalue weighted by Crippen LogP contribution is 2.20. The van der Waals surface area contributed by atoms with Crippen molar-refractivity contribution >= 4 is 21.5 Å². The lowest BCUT2D eigenvalue weighted by molar-refractivity contribution is 0.602. The van der Waals surface area contributed by atoms with Gasteiger partial charge in [-0.1, -0.05) is 0 Å². The summed E-state index contributed by atoms with van der Waals surface area (Å²) < 4.78 is 24.7. The molecule has 0 saturated carbocycles. The fraction of sp³-hybridized carbons (Fsp3) is 0.200. The average Bonchev–Trinajstić information content (AvgIpc) is 2.63. The molecule has 1 N–H and O–H groups in total. The van der Waals surface area contributed by atoms with Crippen molar-refractivity contribution in [2.45, 2.75) is 4.90 Å². The molecule has 17 heavy (non-hydrogen) atoms. The second-order valence-electron chi connectivity index (χ2n) is 3.62. The summed E-state index contributed by atoms with van der Waals surface area (Å²) in [5, 5.41) is 6.98. The minimum Gasteiger partial charge on any atom is -0.322 e. The molecule has 0 aliphatic rings. The lowest BCUT2D eigenvalue weighted by atomic mass is 10.4. The largest absolute Gasteiger partial charge is 0.322 e. The van der Waals surface area contributed by atoms with Gasteiger partial charge < -0.3 is 5.32 Å². The zero-order valence-electron chi connectivity index (χ0n) is 9.45. The third-order valence-electron chi connectivity index (χ3n) is 2.13. The Labute approximate surface area is 99.2 Å². The van der Waals surface area contributed by atoms with Crippen molar-refractivity contribution < 1.29 is 8.42 Å². The fourth-order valence-corrected chi connectivity index (χ4v) is 2.17. The molecule has 0 amide bonds. The van der Waals surface area contributed by atoms with E-state index in [-0.39, 0.29) is 10.7 Å². The first-order chi connectivity index (χ1) is 7.97. The van der Waals surface area contributed by atoms with Gasteiger partial charge in [0.15, 0.2) is 15.7 Å². The third-order valence-corrected chi connectivity index (χ3v) is 3.26. The van der Waals surface area contributed by atoms with Crippen molar-refractivity contribution in [1.82, 2.24) is 14.8 Å². The summed E-state index contributed by atoms with van der Waals surface area (Å²) >= 11 is 0. The van der Waals surface area contributed by atoms with Crippen molar-refractivity contribution in [2.24, 2.45) is 7.05 Å². The Morgan fingerprint density at radius 3 is 2.71 bits per heavy atom. The number of hydrogen-bond donors (Lipinski definition) is 1. The minimum absolute atomic E-state index is 0.158. The SMILES string of the molecule is Cn1ccc(Nc2ncccc2S(C)(=O)=O)n1. The van der Waals surface area contributed by atoms with Gasteiger partial charge in [-0.25, -0.2) is 13.4 Å². The van der Waals surface area contributed by atoms with Gasteiger partial charge in [-0.15, -0.1) is 0 Å². The molecule has 0 radical (unpaired) electrons. The molecule has 0 fully saturated rings. The van der Waals surface area contributed by atoms with E-state index in [1.54, 1.807) is 30.1 Å². The Morgan fingerprint density at radius 2 is 2.12 bits per heavy atom. The van der Waals surface area contributed by atoms with Crippen LogP contribution in [0.1, 0.15) is 0 Å². The molecule has 7 heteroatoms. The van der Waals surface area contributed by atoms with E-state index in [2.05, 4.69) is 15.4 Å². The summed E-state index contributed by atoms with van der Waals surface area (Å²) in [6.07, 6.45) is 4.43. The minimum atomic E-state index is -3.31. The smallest absolute Gasteiger partial charge is 0.179 e. The first-order valence-corrected chi connectivity index (χ1v) is 6.78. The molecule has 0 aliphatic carbocycles. The summed E-state index contributed by atoms with van der Waals surface area (Å²) in [5.74, 6) is 0.838. The van der Waals surface area contributed by atoms with Crippen LogP contribution in [0.5, 0.6) is 0 Å². The standard InChI is InChI=1S/C10H12N4O2S/c1-14-7-5-9(13-14)12-10-8(17(2,15)16)4-3-6-11-10/h3-7H,1-2H3,(H,11,12,13). The summed E-state index contributed by atoms with van der Waals surface area (Å²) in [4.78, 5) is 4.17. The molecule has 0 aromatic carbocycles. The van der Waals surface area contributed by atoms with Crippen LogP contribution < -0.4 is 5.32 Å². The summed E-state index contributed by atoms with van der Waals surface area (Å²) in [6.45, 7) is 0. The highest BCUT2D eigenvalue weighted by atomic mass is 32.2. The van der Waals surface area contributed by atoms with E-state index < -0.39 is 9.84 Å². The topological polar surface area (TPSA) is 76.9 Å². The molecule has 2 heterocycles. The van der Waals surface area contributed by atoms with Crippen LogP contribution in [0, 0.1) is 0 Å². The number of aromatic nitrogens is 3. The highest BCUT2D eigenvalue weighted by Gasteiger charge is 2.14. The lowest BCUT2D eigenvalue weighted by Gasteiger charge is -2.06. The Balaban J connectivity index is 2.40. The van der Waals surface area contributed by atoms with Crippen LogP contribution >= 0.6 is 0 Å². The molecule has 90 valence electrons. The molecule has 0 saturated heterocycles. The van der Waals surface area contributed by atoms with Gasteiger partial charge in [0.1, 0.15) is 10.7 Å². The third kappa shape index (κ3) is 2.62. The summed E-state index contributed by atoms with van der Waals surface area (Å²) in [7, 11) is -1.53. The number of nitrogens with zero attached hydrogens (tertiary/aromatic N) is 3. The highest BCUT2D eigenvalue weighted by molar-refractivity contribution is 7.90. The number of pyridine rings is 1. The number of nitrogens with one attached hydrogen (secondary N) is 1. The zero-order valence-corrected chi connectivity index (χ0v) is 10.3. The number of anilines is 2. The van der Waals surface area contributed by atoms with Crippen LogP contribution in [0.15, 0.2) is 35.5 Å². The Hall–Kier alpha value is -1.89. The Morgan fingerprint density at radius 1 is 1.35 bits per heavy atom. The van der Waals surface area contributed by atoms with Gasteiger partial charge in [-0.05, 0) is 12.1 Å². The van der Waals surface area contributed by atoms with Gasteiger partial charge in [0.05, 0.1) is 0 Å². The maximum Gasteiger partial charge on any atom is 0.179 e. The monoisotopic (exact) mass is 252 g/mol. The molecule has 2 rings (SSSR count). The van der Waals surface area contributed by atoms with E-state index in [9.17, 15) is 8.42 Å². The summed E-state index contributed by atoms with van der Waals surface area (Å²) in [5.41, 5.74) is 0. The number of hydrogen-bond acceptors (Lipinski definition) is 5. The van der Waals surface area contributed by atoms with Crippen LogP contribution in [-0.2, 0) is 16.9 Å². The van der Waals surface area contributed by atoms with E-state index in [4.69, 9.17) is 0 Å². The normalized spacial score (nSPS) is 11.4. The molecule has 0 unspecified atom stereocenters. The lowest BCUT2D eigenvalue weighted by Crippen LogP contribution is -2.04. The van der Waals surface area contributed by atoms with Crippen molar-refractivity contribution in [3.63, 3.8) is 0 Å². The second-order valence-corrected chi connectivity index (χ2v) is 5.61. The molecular weight excluding hydrogens is 240 g/mol. The van der Waals surface area contributed by atoms with Gasteiger partial charge in [-0.3, -0.25) is 4.68 Å². The van der Waals surface area contributed by atoms with Crippen LogP contribution in [0.3, 0.4) is 0 Å². The molecule has 2 aromatic heterocycles. The zero-order chi connectivity index (χ0) is 12.5. The molecular formula is C10H12N4O2S. The van der Waals surface area contributed by atoms with Crippen molar-refractivity contribution in [2.75, 3.05) is 11.6 Å². The maximum atomic E-state index is 11.5. The Bertz CT molecular complexity index is 633. The first-order valence-electron chi connectivity index (χ1n) is 4.88. The molecule has 0 bridgehead atoms. The summed E-state index contributed by atoms with van der Waals surface area (Å²) in [6, 6.07) is 4.83. The van der Waals surface area contributed by atoms with Gasteiger partial charge in [0.25, 0.3) is 0 Å². The van der Waals surface area contributed by atoms with E-state index in [0.717, 1.165) is 6.26 Å². The van der Waals surface area contributed by atoms with Crippen LogP contribution in [0.25, 0.3) is 0 Å². The maximum absolute atomic E-state index is 11.5. The van der Waals surface area contributed by atoms with Crippen LogP contribution in [0.2, 0.25) is 0 Å². The van der Waals surface area contributed by atoms with Crippen molar-refractivity contribution in [1.29, 1.82) is 0 Å². The second kappa shape index (κ2) is 4.17. The van der Waals surface area contributed by atoms with E-state index in [1.807, 2.05) is 0 Å². The van der Waals surface area contributed by atoms with Gasteiger partial charge >= 0.3 is 0 Å². The molecule has 0 atom stereocenters. The number of aryl methyl sites for hydroxylation is 1. The van der Waals surface area contributed by atoms with Crippen molar-refractivity contribution in [3.8, 4) is 0 Å². The van der Waals surface area contributed by atoms with Gasteiger partial charge in [0.2, 0.25) is 0 Å². The van der Waals surface area contributed by atoms with Gasteiger partial charge in [0, 0.05) is 31.8 Å². The van der Waals surface area contributed by atoms with E-state index in [0.29, 0.717) is 5.82 Å². The van der Waals surface area contributed by atoms with Crippen LogP contribution in [-0.4, -0.2) is 29.4 Å². The van der Waals surface area contributed by atoms with E-state index in [1.165, 1.54) is 12.3 Å². The van der Waals surface area contributed by atoms with E-state index >= 15 is 0 Å². The average molecular weight is 252 g/mol. The van der Waals surface area contributed by atoms with Gasteiger partial charge in [-0.2, -0.15) is 5.10 Å². The van der Waals surface area contributed by atoms with Crippen LogP contribution in [0.4, 0.5) is 11.6 Å². The molecule has 0 spiro atoms. The number of rotatable bonds is 3. The first kappa shape index (κ1) is 11.6. The quantitative estimate of drug-likeness (QED) is 0.880. The Kier molecular flexibility index (Phi) is 2.84. The molecule has 6 nitrogen and oxygen atoms in total. The predicted molar refractivity (Wildman–Crippen MR) is 63.8 cm³/mol. The fourth-order valence-electron chi connectivity index (χ4n) is 1.39. The predicted octanol–water partition coefficient (Wildman–Crippen LogP) is 0.962. The molecule has 2 aromatic rings. The number of sulfone groups is 1. The molecule has 0 aliphatic heterocycles. The van der Waals surface area contributed by atoms with Crippen molar-refractivity contribution in [3.05, 3.63) is 30.6 Å².